The van der Waals surface area contributed by atoms with Crippen LogP contribution in [0.5, 0.6) is 0 Å². The maximum absolute atomic E-state index is 12.7. The number of alkyl halides is 1. The number of hydrogen-bond donors (Lipinski definition) is 0. The number of nitrogens with zero attached hydrogens (tertiary/aromatic N) is 1. The number of likely N-dealkylation sites (tertiary alicyclic amines) is 1. The topological polar surface area (TPSA) is 12.5 Å². The molecule has 77 valence electrons. The standard InChI is InChI=1S/C10H19FNO/c1-3-13-10-4-6-12(7-5-10)8-9(2)11/h9H,3-8H2,1-2H3/t9-/m1/s1. The molecule has 0 bridgehead atoms. The molecular formula is C10H19FNO. The number of piperidine rings is 1. The fourth-order valence-electron chi connectivity index (χ4n) is 1.69. The fourth-order valence-corrected chi connectivity index (χ4v) is 1.69. The summed E-state index contributed by atoms with van der Waals surface area (Å²) in [6.07, 6.45) is 2.42. The zero-order valence-electron chi connectivity index (χ0n) is 8.55. The third-order valence-corrected chi connectivity index (χ3v) is 2.27. The summed E-state index contributed by atoms with van der Waals surface area (Å²) in [5.41, 5.74) is 0. The average Bonchev–Trinajstić information content (AvgIpc) is 2.08. The lowest BCUT2D eigenvalue weighted by atomic mass is 10.1. The van der Waals surface area contributed by atoms with Gasteiger partial charge in [-0.25, -0.2) is 4.39 Å². The van der Waals surface area contributed by atoms with Gasteiger partial charge in [0.05, 0.1) is 6.10 Å². The molecule has 3 heteroatoms. The Morgan fingerprint density at radius 1 is 1.46 bits per heavy atom. The molecule has 0 aromatic heterocycles. The quantitative estimate of drug-likeness (QED) is 0.669. The molecule has 0 spiro atoms. The van der Waals surface area contributed by atoms with Gasteiger partial charge in [0.1, 0.15) is 6.17 Å². The number of ether oxygens (including phenoxy) is 1. The molecule has 1 aliphatic heterocycles. The largest absolute Gasteiger partial charge is 0.372 e. The molecular weight excluding hydrogens is 169 g/mol. The Hall–Kier alpha value is -0.150. The van der Waals surface area contributed by atoms with Gasteiger partial charge in [0.15, 0.2) is 0 Å². The van der Waals surface area contributed by atoms with E-state index < -0.39 is 6.17 Å². The van der Waals surface area contributed by atoms with Crippen LogP contribution in [0.15, 0.2) is 0 Å². The van der Waals surface area contributed by atoms with Gasteiger partial charge in [-0.1, -0.05) is 0 Å². The predicted octanol–water partition coefficient (Wildman–Crippen LogP) is 2.01. The highest BCUT2D eigenvalue weighted by Gasteiger charge is 2.20. The summed E-state index contributed by atoms with van der Waals surface area (Å²) in [6, 6.07) is 0. The SMILES string of the molecule is CCO[C]1CCN(C[C@@H](C)F)CC1. The highest BCUT2D eigenvalue weighted by atomic mass is 19.1. The van der Waals surface area contributed by atoms with Gasteiger partial charge in [0, 0.05) is 26.2 Å². The molecule has 2 nitrogen and oxygen atoms in total. The van der Waals surface area contributed by atoms with Crippen molar-refractivity contribution >= 4 is 0 Å². The van der Waals surface area contributed by atoms with Crippen LogP contribution in [0.25, 0.3) is 0 Å². The van der Waals surface area contributed by atoms with Crippen molar-refractivity contribution in [1.82, 2.24) is 4.90 Å². The van der Waals surface area contributed by atoms with Crippen molar-refractivity contribution in [2.45, 2.75) is 32.9 Å². The molecule has 1 aliphatic rings. The van der Waals surface area contributed by atoms with E-state index >= 15 is 0 Å². The Morgan fingerprint density at radius 2 is 2.08 bits per heavy atom. The molecule has 0 amide bonds. The van der Waals surface area contributed by atoms with Gasteiger partial charge in [0.25, 0.3) is 0 Å². The van der Waals surface area contributed by atoms with Crippen molar-refractivity contribution < 1.29 is 9.13 Å². The summed E-state index contributed by atoms with van der Waals surface area (Å²) in [6.45, 7) is 6.84. The number of hydrogen-bond acceptors (Lipinski definition) is 2. The summed E-state index contributed by atoms with van der Waals surface area (Å²) >= 11 is 0. The molecule has 0 aliphatic carbocycles. The van der Waals surface area contributed by atoms with Crippen molar-refractivity contribution in [1.29, 1.82) is 0 Å². The summed E-state index contributed by atoms with van der Waals surface area (Å²) in [5.74, 6) is 0. The summed E-state index contributed by atoms with van der Waals surface area (Å²) in [5, 5.41) is 0. The lowest BCUT2D eigenvalue weighted by molar-refractivity contribution is 0.0834. The minimum Gasteiger partial charge on any atom is -0.372 e. The van der Waals surface area contributed by atoms with Gasteiger partial charge in [-0.3, -0.25) is 0 Å². The van der Waals surface area contributed by atoms with Crippen LogP contribution >= 0.6 is 0 Å². The molecule has 0 aromatic rings. The average molecular weight is 188 g/mol. The van der Waals surface area contributed by atoms with Crippen LogP contribution in [-0.4, -0.2) is 37.3 Å². The summed E-state index contributed by atoms with van der Waals surface area (Å²) in [7, 11) is 0. The van der Waals surface area contributed by atoms with Crippen LogP contribution in [0.3, 0.4) is 0 Å². The molecule has 0 aromatic carbocycles. The minimum atomic E-state index is -0.714. The maximum atomic E-state index is 12.7. The molecule has 1 rings (SSSR count). The van der Waals surface area contributed by atoms with Gasteiger partial charge in [0.2, 0.25) is 0 Å². The third kappa shape index (κ3) is 4.05. The van der Waals surface area contributed by atoms with Crippen LogP contribution in [-0.2, 0) is 4.74 Å². The van der Waals surface area contributed by atoms with E-state index in [1.807, 2.05) is 6.92 Å². The Labute approximate surface area is 80.1 Å². The van der Waals surface area contributed by atoms with Gasteiger partial charge in [-0.05, 0) is 26.7 Å². The van der Waals surface area contributed by atoms with E-state index in [9.17, 15) is 4.39 Å². The second-order valence-electron chi connectivity index (χ2n) is 3.55. The molecule has 1 atom stereocenters. The second kappa shape index (κ2) is 5.55. The van der Waals surface area contributed by atoms with Gasteiger partial charge < -0.3 is 9.64 Å². The van der Waals surface area contributed by atoms with Gasteiger partial charge >= 0.3 is 0 Å². The highest BCUT2D eigenvalue weighted by molar-refractivity contribution is 4.86. The van der Waals surface area contributed by atoms with Gasteiger partial charge in [-0.15, -0.1) is 0 Å². The van der Waals surface area contributed by atoms with Gasteiger partial charge in [-0.2, -0.15) is 0 Å². The zero-order chi connectivity index (χ0) is 9.68. The van der Waals surface area contributed by atoms with E-state index in [4.69, 9.17) is 4.74 Å². The first-order valence-electron chi connectivity index (χ1n) is 5.06. The molecule has 1 heterocycles. The number of rotatable bonds is 4. The Balaban J connectivity index is 2.15. The smallest absolute Gasteiger partial charge is 0.110 e. The van der Waals surface area contributed by atoms with Crippen molar-refractivity contribution in [3.05, 3.63) is 6.10 Å². The van der Waals surface area contributed by atoms with E-state index in [2.05, 4.69) is 4.90 Å². The van der Waals surface area contributed by atoms with Crippen molar-refractivity contribution in [3.63, 3.8) is 0 Å². The van der Waals surface area contributed by atoms with Crippen molar-refractivity contribution in [2.75, 3.05) is 26.2 Å². The Kier molecular flexibility index (Phi) is 4.67. The van der Waals surface area contributed by atoms with Crippen molar-refractivity contribution in [3.8, 4) is 0 Å². The van der Waals surface area contributed by atoms with E-state index in [-0.39, 0.29) is 0 Å². The molecule has 0 saturated carbocycles. The van der Waals surface area contributed by atoms with Crippen LogP contribution in [0.2, 0.25) is 0 Å². The minimum absolute atomic E-state index is 0.569. The summed E-state index contributed by atoms with van der Waals surface area (Å²) in [4.78, 5) is 2.16. The van der Waals surface area contributed by atoms with Crippen LogP contribution < -0.4 is 0 Å². The zero-order valence-corrected chi connectivity index (χ0v) is 8.55. The van der Waals surface area contributed by atoms with E-state index in [0.29, 0.717) is 6.54 Å². The third-order valence-electron chi connectivity index (χ3n) is 2.27. The lowest BCUT2D eigenvalue weighted by Crippen LogP contribution is -2.37. The lowest BCUT2D eigenvalue weighted by Gasteiger charge is -2.31. The fraction of sp³-hybridized carbons (Fsp3) is 0.900. The molecule has 0 unspecified atom stereocenters. The maximum Gasteiger partial charge on any atom is 0.110 e. The normalized spacial score (nSPS) is 23.3. The first-order valence-corrected chi connectivity index (χ1v) is 5.06. The molecule has 13 heavy (non-hydrogen) atoms. The Bertz CT molecular complexity index is 133. The number of halogens is 1. The molecule has 1 saturated heterocycles. The first kappa shape index (κ1) is 10.9. The van der Waals surface area contributed by atoms with Crippen LogP contribution in [0.4, 0.5) is 4.39 Å². The van der Waals surface area contributed by atoms with Crippen LogP contribution in [0, 0.1) is 6.10 Å². The van der Waals surface area contributed by atoms with E-state index in [1.165, 1.54) is 6.10 Å². The van der Waals surface area contributed by atoms with E-state index in [1.54, 1.807) is 6.92 Å². The van der Waals surface area contributed by atoms with Crippen molar-refractivity contribution in [2.24, 2.45) is 0 Å². The Morgan fingerprint density at radius 3 is 2.54 bits per heavy atom. The molecule has 0 N–H and O–H groups in total. The first-order chi connectivity index (χ1) is 6.22. The van der Waals surface area contributed by atoms with Crippen LogP contribution in [0.1, 0.15) is 26.7 Å². The van der Waals surface area contributed by atoms with E-state index in [0.717, 1.165) is 32.5 Å². The highest BCUT2D eigenvalue weighted by Crippen LogP contribution is 2.20. The predicted molar refractivity (Wildman–Crippen MR) is 51.1 cm³/mol. The monoisotopic (exact) mass is 188 g/mol. The molecule has 1 radical (unpaired) electrons. The summed E-state index contributed by atoms with van der Waals surface area (Å²) < 4.78 is 18.1. The molecule has 1 fully saturated rings. The second-order valence-corrected chi connectivity index (χ2v) is 3.55.